The lowest BCUT2D eigenvalue weighted by atomic mass is 10.3. The molecule has 0 amide bonds. The zero-order chi connectivity index (χ0) is 14.2. The Bertz CT molecular complexity index is 625. The van der Waals surface area contributed by atoms with E-state index in [9.17, 15) is 17.6 Å². The number of benzene rings is 1. The Morgan fingerprint density at radius 1 is 1.05 bits per heavy atom. The summed E-state index contributed by atoms with van der Waals surface area (Å²) in [6.45, 7) is 0. The number of anilines is 2. The Morgan fingerprint density at radius 2 is 1.63 bits per heavy atom. The number of halogens is 6. The summed E-state index contributed by atoms with van der Waals surface area (Å²) in [5, 5.41) is 2.31. The van der Waals surface area contributed by atoms with Crippen LogP contribution in [-0.4, -0.2) is 4.98 Å². The summed E-state index contributed by atoms with van der Waals surface area (Å²) in [5.74, 6) is -6.74. The van der Waals surface area contributed by atoms with Crippen LogP contribution in [0.3, 0.4) is 0 Å². The molecule has 1 aromatic heterocycles. The van der Waals surface area contributed by atoms with Crippen LogP contribution >= 0.6 is 27.5 Å². The highest BCUT2D eigenvalue weighted by atomic mass is 79.9. The van der Waals surface area contributed by atoms with Crippen LogP contribution in [0.4, 0.5) is 28.9 Å². The van der Waals surface area contributed by atoms with Crippen molar-refractivity contribution in [1.29, 1.82) is 0 Å². The van der Waals surface area contributed by atoms with Crippen LogP contribution in [0.1, 0.15) is 0 Å². The third kappa shape index (κ3) is 2.82. The predicted molar refractivity (Wildman–Crippen MR) is 66.5 cm³/mol. The summed E-state index contributed by atoms with van der Waals surface area (Å²) in [5.41, 5.74) is -0.901. The fraction of sp³-hybridized carbons (Fsp3) is 0. The molecule has 1 heterocycles. The average molecular weight is 356 g/mol. The molecule has 0 saturated heterocycles. The number of nitrogens with zero attached hydrogens (tertiary/aromatic N) is 1. The Balaban J connectivity index is 2.49. The fourth-order valence-electron chi connectivity index (χ4n) is 1.32. The summed E-state index contributed by atoms with van der Waals surface area (Å²) in [4.78, 5) is 2.45. The van der Waals surface area contributed by atoms with E-state index >= 15 is 0 Å². The van der Waals surface area contributed by atoms with E-state index in [1.165, 1.54) is 18.2 Å². The van der Waals surface area contributed by atoms with Gasteiger partial charge in [-0.25, -0.2) is 0 Å². The highest BCUT2D eigenvalue weighted by Gasteiger charge is 2.21. The zero-order valence-corrected chi connectivity index (χ0v) is 11.3. The first-order valence-corrected chi connectivity index (χ1v) is 5.99. The molecule has 2 aromatic rings. The zero-order valence-electron chi connectivity index (χ0n) is 8.95. The van der Waals surface area contributed by atoms with Crippen LogP contribution in [-0.2, 0) is 0 Å². The minimum absolute atomic E-state index is 0.0904. The van der Waals surface area contributed by atoms with Crippen molar-refractivity contribution in [3.8, 4) is 0 Å². The molecule has 100 valence electrons. The molecule has 8 heteroatoms. The van der Waals surface area contributed by atoms with Crippen molar-refractivity contribution in [3.05, 3.63) is 51.2 Å². The largest absolute Gasteiger partial charge is 0.349 e. The molecule has 0 atom stereocenters. The summed E-state index contributed by atoms with van der Waals surface area (Å²) in [7, 11) is 0. The van der Waals surface area contributed by atoms with Crippen molar-refractivity contribution in [2.24, 2.45) is 0 Å². The molecule has 0 aliphatic rings. The van der Waals surface area contributed by atoms with E-state index in [2.05, 4.69) is 26.2 Å². The van der Waals surface area contributed by atoms with Gasteiger partial charge in [0.15, 0.2) is 0 Å². The molecule has 1 N–H and O–H groups in total. The molecular formula is C11H4BrClF4N2. The van der Waals surface area contributed by atoms with E-state index in [1.807, 2.05) is 0 Å². The van der Waals surface area contributed by atoms with Crippen molar-refractivity contribution in [3.63, 3.8) is 0 Å². The lowest BCUT2D eigenvalue weighted by molar-refractivity contribution is 0.411. The van der Waals surface area contributed by atoms with Gasteiger partial charge in [0.1, 0.15) is 5.69 Å². The predicted octanol–water partition coefficient (Wildman–Crippen LogP) is 4.80. The van der Waals surface area contributed by atoms with Crippen LogP contribution in [0.15, 0.2) is 22.7 Å². The molecular weight excluding hydrogens is 351 g/mol. The molecule has 0 radical (unpaired) electrons. The molecule has 0 aliphatic heterocycles. The molecule has 19 heavy (non-hydrogen) atoms. The van der Waals surface area contributed by atoms with E-state index in [4.69, 9.17) is 11.6 Å². The highest BCUT2D eigenvalue weighted by molar-refractivity contribution is 9.10. The maximum Gasteiger partial charge on any atom is 0.253 e. The Hall–Kier alpha value is -1.34. The van der Waals surface area contributed by atoms with Gasteiger partial charge in [-0.3, -0.25) is 0 Å². The smallest absolute Gasteiger partial charge is 0.253 e. The maximum absolute atomic E-state index is 13.4. The van der Waals surface area contributed by atoms with Gasteiger partial charge >= 0.3 is 0 Å². The molecule has 0 aliphatic carbocycles. The number of aromatic nitrogens is 1. The Morgan fingerprint density at radius 3 is 2.16 bits per heavy atom. The number of rotatable bonds is 2. The van der Waals surface area contributed by atoms with Crippen LogP contribution in [0.25, 0.3) is 0 Å². The average Bonchev–Trinajstić information content (AvgIpc) is 2.34. The second-order valence-electron chi connectivity index (χ2n) is 3.45. The van der Waals surface area contributed by atoms with Crippen molar-refractivity contribution in [2.45, 2.75) is 0 Å². The molecule has 0 fully saturated rings. The summed E-state index contributed by atoms with van der Waals surface area (Å²) >= 11 is 8.97. The Labute approximate surface area is 118 Å². The first-order valence-electron chi connectivity index (χ1n) is 4.82. The SMILES string of the molecule is Fc1nc(F)c(F)c(Nc2ccc(Br)cc2Cl)c1F. The number of pyridine rings is 1. The van der Waals surface area contributed by atoms with Crippen LogP contribution in [0.2, 0.25) is 5.02 Å². The van der Waals surface area contributed by atoms with Gasteiger partial charge in [-0.1, -0.05) is 27.5 Å². The molecule has 1 aromatic carbocycles. The van der Waals surface area contributed by atoms with Crippen LogP contribution in [0, 0.1) is 23.5 Å². The number of nitrogens with one attached hydrogen (secondary N) is 1. The first-order chi connectivity index (χ1) is 8.90. The van der Waals surface area contributed by atoms with Gasteiger partial charge in [0.25, 0.3) is 11.9 Å². The first kappa shape index (κ1) is 14.1. The standard InChI is InChI=1S/C11H4BrClF4N2/c12-4-1-2-6(5(13)3-4)18-9-7(14)10(16)19-11(17)8(9)15/h1-3H,(H,18,19). The number of hydrogen-bond acceptors (Lipinski definition) is 2. The van der Waals surface area contributed by atoms with Gasteiger partial charge < -0.3 is 5.32 Å². The van der Waals surface area contributed by atoms with E-state index in [1.54, 1.807) is 0 Å². The lowest BCUT2D eigenvalue weighted by Crippen LogP contribution is -2.06. The second-order valence-corrected chi connectivity index (χ2v) is 4.77. The van der Waals surface area contributed by atoms with Crippen LogP contribution in [0.5, 0.6) is 0 Å². The molecule has 0 saturated carbocycles. The monoisotopic (exact) mass is 354 g/mol. The second kappa shape index (κ2) is 5.34. The van der Waals surface area contributed by atoms with E-state index in [0.29, 0.717) is 4.47 Å². The maximum atomic E-state index is 13.4. The molecule has 0 unspecified atom stereocenters. The van der Waals surface area contributed by atoms with Crippen molar-refractivity contribution in [1.82, 2.24) is 4.98 Å². The highest BCUT2D eigenvalue weighted by Crippen LogP contribution is 2.31. The fourth-order valence-corrected chi connectivity index (χ4v) is 2.04. The van der Waals surface area contributed by atoms with E-state index in [0.717, 1.165) is 0 Å². The summed E-state index contributed by atoms with van der Waals surface area (Å²) in [6.07, 6.45) is 0. The minimum atomic E-state index is -1.74. The van der Waals surface area contributed by atoms with Gasteiger partial charge in [0.05, 0.1) is 10.7 Å². The van der Waals surface area contributed by atoms with Gasteiger partial charge in [0, 0.05) is 4.47 Å². The third-order valence-corrected chi connectivity index (χ3v) is 2.99. The van der Waals surface area contributed by atoms with Crippen molar-refractivity contribution < 1.29 is 17.6 Å². The third-order valence-electron chi connectivity index (χ3n) is 2.19. The topological polar surface area (TPSA) is 24.9 Å². The van der Waals surface area contributed by atoms with E-state index in [-0.39, 0.29) is 10.7 Å². The molecule has 2 nitrogen and oxygen atoms in total. The molecule has 2 rings (SSSR count). The Kier molecular flexibility index (Phi) is 3.96. The molecule has 0 bridgehead atoms. The summed E-state index contributed by atoms with van der Waals surface area (Å²) in [6, 6.07) is 4.38. The number of hydrogen-bond donors (Lipinski definition) is 1. The van der Waals surface area contributed by atoms with Gasteiger partial charge in [-0.2, -0.15) is 22.5 Å². The normalized spacial score (nSPS) is 10.6. The summed E-state index contributed by atoms with van der Waals surface area (Å²) < 4.78 is 53.2. The van der Waals surface area contributed by atoms with Gasteiger partial charge in [0.2, 0.25) is 11.6 Å². The van der Waals surface area contributed by atoms with E-state index < -0.39 is 29.2 Å². The lowest BCUT2D eigenvalue weighted by Gasteiger charge is -2.11. The minimum Gasteiger partial charge on any atom is -0.349 e. The van der Waals surface area contributed by atoms with Crippen molar-refractivity contribution >= 4 is 38.9 Å². The van der Waals surface area contributed by atoms with Crippen molar-refractivity contribution in [2.75, 3.05) is 5.32 Å². The van der Waals surface area contributed by atoms with Crippen LogP contribution < -0.4 is 5.32 Å². The van der Waals surface area contributed by atoms with Gasteiger partial charge in [-0.05, 0) is 18.2 Å². The van der Waals surface area contributed by atoms with Gasteiger partial charge in [-0.15, -0.1) is 0 Å². The quantitative estimate of drug-likeness (QED) is 0.618. The molecule has 0 spiro atoms.